The lowest BCUT2D eigenvalue weighted by Gasteiger charge is -2.48. The summed E-state index contributed by atoms with van der Waals surface area (Å²) in [6.07, 6.45) is -8.34. The number of rotatable bonds is 8. The molecule has 0 aromatic carbocycles. The Labute approximate surface area is 181 Å². The Kier molecular flexibility index (Phi) is 9.45. The van der Waals surface area contributed by atoms with E-state index in [-0.39, 0.29) is 0 Å². The van der Waals surface area contributed by atoms with Gasteiger partial charge in [0.15, 0.2) is 18.4 Å². The molecule has 0 aliphatic carbocycles. The van der Waals surface area contributed by atoms with Gasteiger partial charge in [0.2, 0.25) is 11.8 Å². The predicted octanol–water partition coefficient (Wildman–Crippen LogP) is -1.57. The fraction of sp³-hybridized carbons (Fsp3) is 0.722. The average Bonchev–Trinajstić information content (AvgIpc) is 2.68. The summed E-state index contributed by atoms with van der Waals surface area (Å²) in [5, 5.41) is 14.0. The zero-order valence-corrected chi connectivity index (χ0v) is 18.0. The van der Waals surface area contributed by atoms with Gasteiger partial charge in [-0.05, 0) is 0 Å². The van der Waals surface area contributed by atoms with Crippen molar-refractivity contribution in [2.75, 3.05) is 13.7 Å². The maximum Gasteiger partial charge on any atom is 0.375 e. The lowest BCUT2D eigenvalue weighted by atomic mass is 9.85. The lowest BCUT2D eigenvalue weighted by molar-refractivity contribution is -0.282. The van der Waals surface area contributed by atoms with Crippen LogP contribution in [0, 0.1) is 0 Å². The molecule has 1 rings (SSSR count). The van der Waals surface area contributed by atoms with Gasteiger partial charge in [0.05, 0.1) is 25.8 Å². The summed E-state index contributed by atoms with van der Waals surface area (Å²) in [5.74, 6) is -9.23. The van der Waals surface area contributed by atoms with E-state index in [1.807, 2.05) is 0 Å². The maximum absolute atomic E-state index is 15.5. The Balaban J connectivity index is 3.68. The van der Waals surface area contributed by atoms with Crippen molar-refractivity contribution in [2.24, 2.45) is 0 Å². The molecule has 14 heteroatoms. The first-order valence-electron chi connectivity index (χ1n) is 9.37. The van der Waals surface area contributed by atoms with E-state index in [1.54, 1.807) is 0 Å². The zero-order valence-electron chi connectivity index (χ0n) is 18.0. The van der Waals surface area contributed by atoms with Crippen molar-refractivity contribution in [3.8, 4) is 0 Å². The van der Waals surface area contributed by atoms with Gasteiger partial charge in [-0.15, -0.1) is 0 Å². The second-order valence-corrected chi connectivity index (χ2v) is 6.98. The molecule has 2 amide bonds. The minimum Gasteiger partial charge on any atom is -0.465 e. The van der Waals surface area contributed by atoms with Crippen LogP contribution in [0.2, 0.25) is 0 Å². The quantitative estimate of drug-likeness (QED) is 0.280. The number of nitrogens with one attached hydrogen (secondary N) is 2. The van der Waals surface area contributed by atoms with Crippen molar-refractivity contribution in [3.63, 3.8) is 0 Å². The molecule has 3 N–H and O–H groups in total. The van der Waals surface area contributed by atoms with Gasteiger partial charge in [-0.1, -0.05) is 0 Å². The highest BCUT2D eigenvalue weighted by Gasteiger charge is 2.64. The molecular formula is C18H26F2N2O10. The second-order valence-electron chi connectivity index (χ2n) is 6.98. The van der Waals surface area contributed by atoms with Crippen molar-refractivity contribution in [1.29, 1.82) is 0 Å². The summed E-state index contributed by atoms with van der Waals surface area (Å²) in [6.45, 7) is 2.91. The van der Waals surface area contributed by atoms with E-state index in [1.165, 1.54) is 0 Å². The molecule has 0 bridgehead atoms. The normalized spacial score (nSPS) is 29.1. The summed E-state index contributed by atoms with van der Waals surface area (Å²) in [6, 6.07) is -3.57. The average molecular weight is 468 g/mol. The van der Waals surface area contributed by atoms with Crippen LogP contribution in [0.25, 0.3) is 0 Å². The Morgan fingerprint density at radius 2 is 1.50 bits per heavy atom. The number of aliphatic hydroxyl groups excluding tert-OH is 1. The summed E-state index contributed by atoms with van der Waals surface area (Å²) < 4.78 is 49.9. The van der Waals surface area contributed by atoms with Crippen LogP contribution in [0.4, 0.5) is 8.78 Å². The molecule has 32 heavy (non-hydrogen) atoms. The van der Waals surface area contributed by atoms with E-state index in [9.17, 15) is 29.1 Å². The van der Waals surface area contributed by atoms with Crippen LogP contribution in [-0.2, 0) is 42.9 Å². The summed E-state index contributed by atoms with van der Waals surface area (Å²) in [7, 11) is 0.751. The highest BCUT2D eigenvalue weighted by molar-refractivity contribution is 5.80. The van der Waals surface area contributed by atoms with Gasteiger partial charge < -0.3 is 34.7 Å². The van der Waals surface area contributed by atoms with Crippen LogP contribution in [-0.4, -0.2) is 91.0 Å². The summed E-state index contributed by atoms with van der Waals surface area (Å²) in [5.41, 5.74) is 0. The molecule has 0 spiro atoms. The second kappa shape index (κ2) is 11.1. The van der Waals surface area contributed by atoms with Gasteiger partial charge in [-0.2, -0.15) is 4.39 Å². The third kappa shape index (κ3) is 6.32. The molecule has 1 saturated heterocycles. The number of alkyl halides is 2. The Morgan fingerprint density at radius 3 is 1.91 bits per heavy atom. The standard InChI is InChI=1S/C18H26F2N2O10/c1-7(24)21-12-13(22-8(2)25)16(19)18(20,17(28)29-5)32-15(12)14(31-10(4)27)11(6-23)30-9(3)26/h11-16,23H,6H2,1-5H3,(H,21,24)(H,22,25)/t11-,12-,13?,14-,15?,16+,18-/m1/s1. The molecule has 182 valence electrons. The fourth-order valence-corrected chi connectivity index (χ4v) is 3.30. The maximum atomic E-state index is 15.5. The number of carbonyl (C=O) groups is 5. The highest BCUT2D eigenvalue weighted by Crippen LogP contribution is 2.37. The van der Waals surface area contributed by atoms with E-state index in [0.29, 0.717) is 0 Å². The van der Waals surface area contributed by atoms with E-state index in [0.717, 1.165) is 34.8 Å². The summed E-state index contributed by atoms with van der Waals surface area (Å²) >= 11 is 0. The zero-order chi connectivity index (χ0) is 24.8. The van der Waals surface area contributed by atoms with Gasteiger partial charge in [-0.3, -0.25) is 19.2 Å². The lowest BCUT2D eigenvalue weighted by Crippen LogP contribution is -2.75. The largest absolute Gasteiger partial charge is 0.465 e. The Morgan fingerprint density at radius 1 is 1.00 bits per heavy atom. The van der Waals surface area contributed by atoms with Crippen LogP contribution >= 0.6 is 0 Å². The number of aliphatic hydroxyl groups is 1. The van der Waals surface area contributed by atoms with Crippen molar-refractivity contribution >= 4 is 29.7 Å². The fourth-order valence-electron chi connectivity index (χ4n) is 3.30. The predicted molar refractivity (Wildman–Crippen MR) is 99.0 cm³/mol. The third-order valence-electron chi connectivity index (χ3n) is 4.41. The first kappa shape index (κ1) is 27.2. The molecule has 0 aromatic heterocycles. The minimum atomic E-state index is -3.82. The van der Waals surface area contributed by atoms with Crippen LogP contribution < -0.4 is 10.6 Å². The smallest absolute Gasteiger partial charge is 0.375 e. The number of ether oxygens (including phenoxy) is 4. The van der Waals surface area contributed by atoms with Crippen molar-refractivity contribution in [3.05, 3.63) is 0 Å². The molecule has 1 fully saturated rings. The van der Waals surface area contributed by atoms with E-state index in [2.05, 4.69) is 15.4 Å². The molecular weight excluding hydrogens is 442 g/mol. The molecule has 0 radical (unpaired) electrons. The molecule has 12 nitrogen and oxygen atoms in total. The Bertz CT molecular complexity index is 733. The number of methoxy groups -OCH3 is 1. The number of hydrogen-bond donors (Lipinski definition) is 3. The molecule has 1 aliphatic rings. The number of halogens is 2. The SMILES string of the molecule is COC(=O)[C@]1(F)OC([C@H](OC(C)=O)[C@@H](CO)OC(C)=O)[C@H](NC(C)=O)C(NC(C)=O)[C@@H]1F. The topological polar surface area (TPSA) is 167 Å². The van der Waals surface area contributed by atoms with Gasteiger partial charge in [0, 0.05) is 27.7 Å². The number of carbonyl (C=O) groups excluding carboxylic acids is 5. The first-order valence-corrected chi connectivity index (χ1v) is 9.37. The van der Waals surface area contributed by atoms with Gasteiger partial charge in [0.25, 0.3) is 0 Å². The molecule has 2 unspecified atom stereocenters. The van der Waals surface area contributed by atoms with Crippen molar-refractivity contribution < 1.29 is 56.8 Å². The molecule has 0 aromatic rings. The first-order chi connectivity index (χ1) is 14.8. The highest BCUT2D eigenvalue weighted by atomic mass is 19.2. The monoisotopic (exact) mass is 468 g/mol. The Hall–Kier alpha value is -2.87. The molecule has 7 atom stereocenters. The summed E-state index contributed by atoms with van der Waals surface area (Å²) in [4.78, 5) is 58.6. The molecule has 1 aliphatic heterocycles. The van der Waals surface area contributed by atoms with Crippen LogP contribution in [0.1, 0.15) is 27.7 Å². The van der Waals surface area contributed by atoms with Gasteiger partial charge in [-0.25, -0.2) is 9.18 Å². The van der Waals surface area contributed by atoms with E-state index < -0.39 is 78.8 Å². The molecule has 1 heterocycles. The van der Waals surface area contributed by atoms with Crippen LogP contribution in [0.5, 0.6) is 0 Å². The van der Waals surface area contributed by atoms with Crippen LogP contribution in [0.15, 0.2) is 0 Å². The molecule has 0 saturated carbocycles. The van der Waals surface area contributed by atoms with Gasteiger partial charge >= 0.3 is 23.8 Å². The number of esters is 3. The minimum absolute atomic E-state index is 0.751. The van der Waals surface area contributed by atoms with Crippen molar-refractivity contribution in [2.45, 2.75) is 70.1 Å². The van der Waals surface area contributed by atoms with Crippen LogP contribution in [0.3, 0.4) is 0 Å². The van der Waals surface area contributed by atoms with Gasteiger partial charge in [0.1, 0.15) is 6.10 Å². The van der Waals surface area contributed by atoms with Crippen molar-refractivity contribution in [1.82, 2.24) is 10.6 Å². The van der Waals surface area contributed by atoms with E-state index in [4.69, 9.17) is 14.2 Å². The number of amides is 2. The van der Waals surface area contributed by atoms with E-state index >= 15 is 8.78 Å². The number of hydrogen-bond acceptors (Lipinski definition) is 10. The third-order valence-corrected chi connectivity index (χ3v) is 4.41.